The van der Waals surface area contributed by atoms with Crippen LogP contribution in [0.4, 0.5) is 0 Å². The molecule has 1 saturated heterocycles. The van der Waals surface area contributed by atoms with E-state index in [9.17, 15) is 9.59 Å². The lowest BCUT2D eigenvalue weighted by Gasteiger charge is -2.35. The van der Waals surface area contributed by atoms with E-state index in [1.807, 2.05) is 0 Å². The lowest BCUT2D eigenvalue weighted by Crippen LogP contribution is -2.42. The molecule has 7 heteroatoms. The fourth-order valence-electron chi connectivity index (χ4n) is 1.56. The van der Waals surface area contributed by atoms with E-state index in [-0.39, 0.29) is 24.9 Å². The molecular formula is C14H18N2O4S. The monoisotopic (exact) mass is 310 g/mol. The molecule has 1 rings (SSSR count). The molecule has 0 spiro atoms. The number of thioether (sulfide) groups is 1. The van der Waals surface area contributed by atoms with Crippen molar-refractivity contribution in [2.75, 3.05) is 24.7 Å². The molecule has 0 N–H and O–H groups in total. The number of carbonyl (C=O) groups is 2. The van der Waals surface area contributed by atoms with Crippen LogP contribution in [0.5, 0.6) is 0 Å². The van der Waals surface area contributed by atoms with Gasteiger partial charge in [0.1, 0.15) is 5.41 Å². The second kappa shape index (κ2) is 8.44. The van der Waals surface area contributed by atoms with Crippen LogP contribution in [0.2, 0.25) is 0 Å². The Kier molecular flexibility index (Phi) is 6.91. The van der Waals surface area contributed by atoms with Gasteiger partial charge in [-0.1, -0.05) is 12.7 Å². The molecule has 0 aromatic carbocycles. The first-order chi connectivity index (χ1) is 10.1. The molecule has 0 radical (unpaired) electrons. The number of rotatable bonds is 9. The summed E-state index contributed by atoms with van der Waals surface area (Å²) in [6.45, 7) is 7.43. The molecule has 0 aliphatic carbocycles. The summed E-state index contributed by atoms with van der Waals surface area (Å²) in [7, 11) is 0. The van der Waals surface area contributed by atoms with E-state index in [1.54, 1.807) is 17.8 Å². The highest BCUT2D eigenvalue weighted by molar-refractivity contribution is 8.00. The van der Waals surface area contributed by atoms with Crippen molar-refractivity contribution in [3.63, 3.8) is 0 Å². The van der Waals surface area contributed by atoms with Crippen LogP contribution in [0.25, 0.3) is 5.53 Å². The summed E-state index contributed by atoms with van der Waals surface area (Å²) in [5.41, 5.74) is 7.72. The molecule has 0 unspecified atom stereocenters. The number of hydrogen-bond acceptors (Lipinski definition) is 5. The second-order valence-electron chi connectivity index (χ2n) is 4.52. The summed E-state index contributed by atoms with van der Waals surface area (Å²) in [5.74, 6) is 0.464. The maximum Gasteiger partial charge on any atom is 0.421 e. The minimum Gasteiger partial charge on any atom is -0.465 e. The molecule has 21 heavy (non-hydrogen) atoms. The van der Waals surface area contributed by atoms with E-state index >= 15 is 0 Å². The predicted octanol–water partition coefficient (Wildman–Crippen LogP) is 1.63. The zero-order chi connectivity index (χ0) is 15.7. The molecular weight excluding hydrogens is 292 g/mol. The van der Waals surface area contributed by atoms with Crippen molar-refractivity contribution >= 4 is 29.4 Å². The number of nitrogens with zero attached hydrogens (tertiary/aromatic N) is 2. The molecule has 114 valence electrons. The third kappa shape index (κ3) is 4.58. The number of esters is 2. The molecule has 0 atom stereocenters. The van der Waals surface area contributed by atoms with Gasteiger partial charge in [-0.3, -0.25) is 4.79 Å². The van der Waals surface area contributed by atoms with Gasteiger partial charge in [0.05, 0.1) is 13.2 Å². The van der Waals surface area contributed by atoms with Gasteiger partial charge in [0.25, 0.3) is 0 Å². The normalized spacial score (nSPS) is 15.0. The van der Waals surface area contributed by atoms with Crippen LogP contribution in [0.1, 0.15) is 12.8 Å². The second-order valence-corrected chi connectivity index (χ2v) is 5.51. The molecule has 6 nitrogen and oxygen atoms in total. The van der Waals surface area contributed by atoms with Crippen molar-refractivity contribution in [1.29, 1.82) is 0 Å². The van der Waals surface area contributed by atoms with Crippen molar-refractivity contribution < 1.29 is 23.9 Å². The number of ether oxygens (including phenoxy) is 2. The van der Waals surface area contributed by atoms with Crippen LogP contribution >= 0.6 is 11.8 Å². The van der Waals surface area contributed by atoms with Gasteiger partial charge in [-0.05, 0) is 12.8 Å². The molecule has 1 aliphatic rings. The number of unbranched alkanes of at least 4 members (excludes halogenated alkanes) is 1. The smallest absolute Gasteiger partial charge is 0.421 e. The van der Waals surface area contributed by atoms with Crippen LogP contribution in [-0.4, -0.2) is 47.2 Å². The van der Waals surface area contributed by atoms with E-state index in [0.29, 0.717) is 12.8 Å². The highest BCUT2D eigenvalue weighted by Gasteiger charge is 2.43. The minimum atomic E-state index is -0.735. The summed E-state index contributed by atoms with van der Waals surface area (Å²) in [6.07, 6.45) is 3.89. The number of hydrogen-bond donors (Lipinski definition) is 0. The Labute approximate surface area is 127 Å². The average Bonchev–Trinajstić information content (AvgIpc) is 2.43. The standard InChI is InChI=1S/C14H18N2O4S/c1-3-11(16-15)12(17)19-7-5-6-8-20-13(18)14(4-2)9-21-10-14/h3-4H,1-2,5-10H2. The summed E-state index contributed by atoms with van der Waals surface area (Å²) in [6, 6.07) is 0. The fourth-order valence-corrected chi connectivity index (χ4v) is 2.67. The molecule has 1 heterocycles. The zero-order valence-electron chi connectivity index (χ0n) is 11.7. The molecule has 1 aliphatic heterocycles. The minimum absolute atomic E-state index is 0.158. The highest BCUT2D eigenvalue weighted by Crippen LogP contribution is 2.39. The Balaban J connectivity index is 2.14. The van der Waals surface area contributed by atoms with Crippen LogP contribution in [0, 0.1) is 5.41 Å². The lowest BCUT2D eigenvalue weighted by molar-refractivity contribution is -0.151. The molecule has 0 aromatic heterocycles. The first-order valence-electron chi connectivity index (χ1n) is 6.50. The van der Waals surface area contributed by atoms with Crippen molar-refractivity contribution in [2.24, 2.45) is 5.41 Å². The van der Waals surface area contributed by atoms with Crippen molar-refractivity contribution in [3.05, 3.63) is 30.8 Å². The molecule has 0 aromatic rings. The summed E-state index contributed by atoms with van der Waals surface area (Å²) >= 11 is 1.69. The van der Waals surface area contributed by atoms with Gasteiger partial charge in [0, 0.05) is 17.6 Å². The third-order valence-corrected chi connectivity index (χ3v) is 4.47. The Morgan fingerprint density at radius 3 is 2.29 bits per heavy atom. The lowest BCUT2D eigenvalue weighted by atomic mass is 9.92. The van der Waals surface area contributed by atoms with Crippen LogP contribution < -0.4 is 0 Å². The van der Waals surface area contributed by atoms with Gasteiger partial charge in [0.2, 0.25) is 0 Å². The Hall–Kier alpha value is -1.85. The Morgan fingerprint density at radius 1 is 1.24 bits per heavy atom. The van der Waals surface area contributed by atoms with Gasteiger partial charge < -0.3 is 15.0 Å². The summed E-state index contributed by atoms with van der Waals surface area (Å²) in [5, 5.41) is 0. The number of carbonyl (C=O) groups excluding carboxylic acids is 2. The van der Waals surface area contributed by atoms with E-state index in [1.165, 1.54) is 0 Å². The van der Waals surface area contributed by atoms with E-state index in [2.05, 4.69) is 17.9 Å². The quantitative estimate of drug-likeness (QED) is 0.161. The molecule has 0 bridgehead atoms. The van der Waals surface area contributed by atoms with Gasteiger partial charge in [-0.2, -0.15) is 16.6 Å². The topological polar surface area (TPSA) is 89.0 Å². The molecule has 0 amide bonds. The first kappa shape index (κ1) is 17.2. The summed E-state index contributed by atoms with van der Waals surface area (Å²) < 4.78 is 10.0. The zero-order valence-corrected chi connectivity index (χ0v) is 12.6. The van der Waals surface area contributed by atoms with Crippen LogP contribution in [0.3, 0.4) is 0 Å². The van der Waals surface area contributed by atoms with Gasteiger partial charge in [-0.15, -0.1) is 6.58 Å². The third-order valence-electron chi connectivity index (χ3n) is 3.03. The molecule has 0 saturated carbocycles. The van der Waals surface area contributed by atoms with E-state index < -0.39 is 11.4 Å². The predicted molar refractivity (Wildman–Crippen MR) is 79.9 cm³/mol. The van der Waals surface area contributed by atoms with Crippen molar-refractivity contribution in [3.8, 4) is 0 Å². The first-order valence-corrected chi connectivity index (χ1v) is 7.65. The van der Waals surface area contributed by atoms with Gasteiger partial charge in [-0.25, -0.2) is 4.79 Å². The summed E-state index contributed by atoms with van der Waals surface area (Å²) in [4.78, 5) is 25.9. The average molecular weight is 310 g/mol. The van der Waals surface area contributed by atoms with E-state index in [4.69, 9.17) is 15.0 Å². The SMILES string of the molecule is C=CC(=[N+]=[N-])C(=O)OCCCCOC(=O)C1(C=C)CSC1. The van der Waals surface area contributed by atoms with Crippen molar-refractivity contribution in [1.82, 2.24) is 0 Å². The van der Waals surface area contributed by atoms with Crippen molar-refractivity contribution in [2.45, 2.75) is 12.8 Å². The largest absolute Gasteiger partial charge is 0.465 e. The van der Waals surface area contributed by atoms with Crippen LogP contribution in [-0.2, 0) is 19.1 Å². The Bertz CT molecular complexity index is 479. The fraction of sp³-hybridized carbons (Fsp3) is 0.500. The van der Waals surface area contributed by atoms with Gasteiger partial charge >= 0.3 is 17.7 Å². The maximum atomic E-state index is 11.8. The van der Waals surface area contributed by atoms with E-state index in [0.717, 1.165) is 17.6 Å². The Morgan fingerprint density at radius 2 is 1.86 bits per heavy atom. The maximum absolute atomic E-state index is 11.8. The van der Waals surface area contributed by atoms with Crippen LogP contribution in [0.15, 0.2) is 25.3 Å². The molecule has 1 fully saturated rings. The highest BCUT2D eigenvalue weighted by atomic mass is 32.2. The van der Waals surface area contributed by atoms with Gasteiger partial charge in [0.15, 0.2) is 0 Å².